The number of halogens is 1. The molecule has 1 aromatic rings. The van der Waals surface area contributed by atoms with E-state index in [9.17, 15) is 4.39 Å². The van der Waals surface area contributed by atoms with E-state index in [0.717, 1.165) is 18.5 Å². The van der Waals surface area contributed by atoms with Gasteiger partial charge < -0.3 is 5.32 Å². The molecule has 0 amide bonds. The van der Waals surface area contributed by atoms with Crippen LogP contribution in [0.25, 0.3) is 0 Å². The van der Waals surface area contributed by atoms with Gasteiger partial charge in [0.15, 0.2) is 0 Å². The second-order valence-corrected chi connectivity index (χ2v) is 3.34. The van der Waals surface area contributed by atoms with Gasteiger partial charge in [-0.05, 0) is 31.5 Å². The highest BCUT2D eigenvalue weighted by Crippen LogP contribution is 2.11. The number of hydrogen-bond acceptors (Lipinski definition) is 1. The predicted molar refractivity (Wildman–Crippen MR) is 54.4 cm³/mol. The molecule has 0 bridgehead atoms. The van der Waals surface area contributed by atoms with E-state index < -0.39 is 0 Å². The Hall–Kier alpha value is -1.05. The molecule has 2 heteroatoms. The van der Waals surface area contributed by atoms with Crippen LogP contribution in [0.3, 0.4) is 0 Å². The fourth-order valence-corrected chi connectivity index (χ4v) is 1.37. The molecule has 0 aliphatic rings. The van der Waals surface area contributed by atoms with Gasteiger partial charge in [-0.15, -0.1) is 0 Å². The molecule has 0 saturated heterocycles. The molecule has 0 fully saturated rings. The largest absolute Gasteiger partial charge is 0.383 e. The molecule has 1 N–H and O–H groups in total. The minimum atomic E-state index is -0.186. The molecule has 0 heterocycles. The maximum absolute atomic E-state index is 12.8. The minimum Gasteiger partial charge on any atom is -0.383 e. The molecule has 1 aromatic carbocycles. The average Bonchev–Trinajstić information content (AvgIpc) is 2.04. The fourth-order valence-electron chi connectivity index (χ4n) is 1.37. The van der Waals surface area contributed by atoms with Crippen molar-refractivity contribution in [2.24, 2.45) is 0 Å². The van der Waals surface area contributed by atoms with Crippen LogP contribution < -0.4 is 5.32 Å². The number of rotatable bonds is 4. The van der Waals surface area contributed by atoms with E-state index in [-0.39, 0.29) is 5.82 Å². The zero-order valence-corrected chi connectivity index (χ0v) is 8.18. The second-order valence-electron chi connectivity index (χ2n) is 3.34. The molecule has 0 radical (unpaired) electrons. The van der Waals surface area contributed by atoms with Crippen LogP contribution in [0.5, 0.6) is 0 Å². The Bertz CT molecular complexity index is 260. The summed E-state index contributed by atoms with van der Waals surface area (Å²) in [5, 5.41) is 3.24. The van der Waals surface area contributed by atoms with E-state index in [0.29, 0.717) is 6.04 Å². The average molecular weight is 181 g/mol. The summed E-state index contributed by atoms with van der Waals surface area (Å²) in [5.74, 6) is -0.186. The van der Waals surface area contributed by atoms with Gasteiger partial charge in [0.25, 0.3) is 0 Å². The first-order valence-electron chi connectivity index (χ1n) is 4.74. The van der Waals surface area contributed by atoms with Gasteiger partial charge in [0.1, 0.15) is 5.82 Å². The molecular weight excluding hydrogens is 165 g/mol. The van der Waals surface area contributed by atoms with Crippen LogP contribution >= 0.6 is 0 Å². The SMILES string of the molecule is CCC[C@@H](C)Nc1cccc(F)c1. The lowest BCUT2D eigenvalue weighted by molar-refractivity contribution is 0.627. The Kier molecular flexibility index (Phi) is 3.74. The number of nitrogens with one attached hydrogen (secondary N) is 1. The monoisotopic (exact) mass is 181 g/mol. The van der Waals surface area contributed by atoms with Crippen LogP contribution in [0.15, 0.2) is 24.3 Å². The van der Waals surface area contributed by atoms with Crippen molar-refractivity contribution < 1.29 is 4.39 Å². The molecule has 0 unspecified atom stereocenters. The molecule has 0 aliphatic carbocycles. The van der Waals surface area contributed by atoms with Crippen LogP contribution in [-0.2, 0) is 0 Å². The summed E-state index contributed by atoms with van der Waals surface area (Å²) >= 11 is 0. The Balaban J connectivity index is 2.53. The van der Waals surface area contributed by atoms with Crippen molar-refractivity contribution in [1.29, 1.82) is 0 Å². The first kappa shape index (κ1) is 10.0. The van der Waals surface area contributed by atoms with Crippen molar-refractivity contribution in [1.82, 2.24) is 0 Å². The Morgan fingerprint density at radius 3 is 2.85 bits per heavy atom. The molecule has 0 spiro atoms. The third kappa shape index (κ3) is 3.45. The second kappa shape index (κ2) is 4.85. The van der Waals surface area contributed by atoms with Crippen molar-refractivity contribution in [3.63, 3.8) is 0 Å². The summed E-state index contributed by atoms with van der Waals surface area (Å²) in [6.07, 6.45) is 2.25. The fraction of sp³-hybridized carbons (Fsp3) is 0.455. The van der Waals surface area contributed by atoms with E-state index in [2.05, 4.69) is 19.2 Å². The highest BCUT2D eigenvalue weighted by molar-refractivity contribution is 5.43. The summed E-state index contributed by atoms with van der Waals surface area (Å²) in [6.45, 7) is 4.25. The lowest BCUT2D eigenvalue weighted by atomic mass is 10.2. The summed E-state index contributed by atoms with van der Waals surface area (Å²) in [7, 11) is 0. The molecule has 0 aromatic heterocycles. The van der Waals surface area contributed by atoms with E-state index in [1.165, 1.54) is 12.1 Å². The summed E-state index contributed by atoms with van der Waals surface area (Å²) in [4.78, 5) is 0. The van der Waals surface area contributed by atoms with Crippen LogP contribution in [0, 0.1) is 5.82 Å². The highest BCUT2D eigenvalue weighted by atomic mass is 19.1. The lowest BCUT2D eigenvalue weighted by Gasteiger charge is -2.13. The molecule has 1 atom stereocenters. The quantitative estimate of drug-likeness (QED) is 0.750. The molecule has 0 aliphatic heterocycles. The minimum absolute atomic E-state index is 0.186. The molecule has 72 valence electrons. The van der Waals surface area contributed by atoms with Crippen molar-refractivity contribution >= 4 is 5.69 Å². The molecule has 0 saturated carbocycles. The maximum atomic E-state index is 12.8. The van der Waals surface area contributed by atoms with Gasteiger partial charge in [-0.2, -0.15) is 0 Å². The number of benzene rings is 1. The predicted octanol–water partition coefficient (Wildman–Crippen LogP) is 3.43. The number of hydrogen-bond donors (Lipinski definition) is 1. The molecule has 13 heavy (non-hydrogen) atoms. The van der Waals surface area contributed by atoms with Crippen LogP contribution in [-0.4, -0.2) is 6.04 Å². The van der Waals surface area contributed by atoms with E-state index in [1.54, 1.807) is 6.07 Å². The highest BCUT2D eigenvalue weighted by Gasteiger charge is 2.00. The van der Waals surface area contributed by atoms with Gasteiger partial charge in [-0.1, -0.05) is 19.4 Å². The van der Waals surface area contributed by atoms with Crippen LogP contribution in [0.2, 0.25) is 0 Å². The van der Waals surface area contributed by atoms with Crippen molar-refractivity contribution in [2.75, 3.05) is 5.32 Å². The molecular formula is C11H16FN. The van der Waals surface area contributed by atoms with E-state index in [1.807, 2.05) is 6.07 Å². The van der Waals surface area contributed by atoms with Crippen LogP contribution in [0.1, 0.15) is 26.7 Å². The standard InChI is InChI=1S/C11H16FN/c1-3-5-9(2)13-11-7-4-6-10(12)8-11/h4,6-9,13H,3,5H2,1-2H3/t9-/m1/s1. The van der Waals surface area contributed by atoms with Gasteiger partial charge in [-0.25, -0.2) is 4.39 Å². The van der Waals surface area contributed by atoms with Crippen LogP contribution in [0.4, 0.5) is 10.1 Å². The topological polar surface area (TPSA) is 12.0 Å². The van der Waals surface area contributed by atoms with Crippen molar-refractivity contribution in [3.8, 4) is 0 Å². The normalized spacial score (nSPS) is 12.5. The first-order chi connectivity index (χ1) is 6.22. The van der Waals surface area contributed by atoms with Gasteiger partial charge in [0.2, 0.25) is 0 Å². The van der Waals surface area contributed by atoms with E-state index >= 15 is 0 Å². The van der Waals surface area contributed by atoms with Gasteiger partial charge in [0, 0.05) is 11.7 Å². The first-order valence-corrected chi connectivity index (χ1v) is 4.74. The van der Waals surface area contributed by atoms with Gasteiger partial charge in [0.05, 0.1) is 0 Å². The van der Waals surface area contributed by atoms with E-state index in [4.69, 9.17) is 0 Å². The maximum Gasteiger partial charge on any atom is 0.125 e. The lowest BCUT2D eigenvalue weighted by Crippen LogP contribution is -2.14. The van der Waals surface area contributed by atoms with Gasteiger partial charge >= 0.3 is 0 Å². The zero-order chi connectivity index (χ0) is 9.68. The zero-order valence-electron chi connectivity index (χ0n) is 8.18. The summed E-state index contributed by atoms with van der Waals surface area (Å²) in [5.41, 5.74) is 0.862. The third-order valence-corrected chi connectivity index (χ3v) is 1.96. The third-order valence-electron chi connectivity index (χ3n) is 1.96. The van der Waals surface area contributed by atoms with Crippen molar-refractivity contribution in [3.05, 3.63) is 30.1 Å². The summed E-state index contributed by atoms with van der Waals surface area (Å²) in [6, 6.07) is 6.99. The Labute approximate surface area is 79.0 Å². The Morgan fingerprint density at radius 1 is 1.46 bits per heavy atom. The van der Waals surface area contributed by atoms with Crippen molar-refractivity contribution in [2.45, 2.75) is 32.7 Å². The molecule has 1 rings (SSSR count). The number of anilines is 1. The molecule has 1 nitrogen and oxygen atoms in total. The van der Waals surface area contributed by atoms with Gasteiger partial charge in [-0.3, -0.25) is 0 Å². The summed E-state index contributed by atoms with van der Waals surface area (Å²) < 4.78 is 12.8. The smallest absolute Gasteiger partial charge is 0.125 e. The Morgan fingerprint density at radius 2 is 2.23 bits per heavy atom.